The zero-order valence-corrected chi connectivity index (χ0v) is 19.0. The molecule has 3 fully saturated rings. The van der Waals surface area contributed by atoms with Crippen LogP contribution in [0, 0.1) is 5.41 Å². The first-order valence-electron chi connectivity index (χ1n) is 11.7. The summed E-state index contributed by atoms with van der Waals surface area (Å²) in [6.07, 6.45) is 4.56. The van der Waals surface area contributed by atoms with Crippen LogP contribution in [-0.4, -0.2) is 61.2 Å². The number of nitrogens with zero attached hydrogens (tertiary/aromatic N) is 2. The zero-order valence-electron chi connectivity index (χ0n) is 19.0. The van der Waals surface area contributed by atoms with Gasteiger partial charge < -0.3 is 30.1 Å². The molecule has 0 radical (unpaired) electrons. The highest BCUT2D eigenvalue weighted by atomic mass is 16.6. The number of amides is 1. The van der Waals surface area contributed by atoms with E-state index in [1.807, 2.05) is 36.4 Å². The Hall–Kier alpha value is -2.84. The number of carbonyl (C=O) groups is 1. The van der Waals surface area contributed by atoms with Crippen LogP contribution in [0.15, 0.2) is 42.6 Å². The fraction of sp³-hybridized carbons (Fsp3) is 0.520. The Labute approximate surface area is 194 Å². The first kappa shape index (κ1) is 22.0. The minimum absolute atomic E-state index is 0.156. The van der Waals surface area contributed by atoms with Gasteiger partial charge in [0.05, 0.1) is 13.2 Å². The van der Waals surface area contributed by atoms with Crippen LogP contribution < -0.4 is 20.3 Å². The number of benzene rings is 1. The van der Waals surface area contributed by atoms with Crippen LogP contribution in [0.2, 0.25) is 0 Å². The molecule has 3 atom stereocenters. The van der Waals surface area contributed by atoms with Gasteiger partial charge in [-0.2, -0.15) is 0 Å². The summed E-state index contributed by atoms with van der Waals surface area (Å²) in [6.45, 7) is 2.92. The van der Waals surface area contributed by atoms with E-state index in [2.05, 4.69) is 20.5 Å². The smallest absolute Gasteiger partial charge is 0.407 e. The van der Waals surface area contributed by atoms with Crippen molar-refractivity contribution in [2.45, 2.75) is 50.5 Å². The van der Waals surface area contributed by atoms with Gasteiger partial charge in [-0.05, 0) is 54.7 Å². The standard InChI is InChI=1S/C25H32N4O4/c1-32-19-5-3-17(4-6-19)11-20-23(21(30)14-27-20)33-24(31)28-13-18-7-10-26-22(12-18)29-15-25(16-29)8-2-9-25/h3-7,10,12,20-21,23,27,30H,2,8-9,11,13-16H2,1H3,(H,28,31)/t20-,21+,23+/m1/s1. The number of aliphatic hydroxyl groups is 1. The molecule has 3 aliphatic rings. The molecule has 2 aromatic rings. The summed E-state index contributed by atoms with van der Waals surface area (Å²) < 4.78 is 10.8. The van der Waals surface area contributed by atoms with Crippen molar-refractivity contribution in [3.05, 3.63) is 53.7 Å². The molecule has 176 valence electrons. The molecule has 1 aromatic carbocycles. The molecule has 1 saturated carbocycles. The third-order valence-electron chi connectivity index (χ3n) is 7.26. The zero-order chi connectivity index (χ0) is 22.8. The Morgan fingerprint density at radius 3 is 2.73 bits per heavy atom. The lowest BCUT2D eigenvalue weighted by atomic mass is 9.63. The van der Waals surface area contributed by atoms with E-state index in [0.717, 1.165) is 35.8 Å². The Morgan fingerprint density at radius 2 is 2.03 bits per heavy atom. The van der Waals surface area contributed by atoms with E-state index in [1.165, 1.54) is 19.3 Å². The van der Waals surface area contributed by atoms with Crippen molar-refractivity contribution < 1.29 is 19.4 Å². The molecule has 1 aromatic heterocycles. The molecule has 8 heteroatoms. The number of aromatic nitrogens is 1. The largest absolute Gasteiger partial charge is 0.497 e. The molecule has 0 bridgehead atoms. The van der Waals surface area contributed by atoms with Gasteiger partial charge >= 0.3 is 6.09 Å². The van der Waals surface area contributed by atoms with E-state index in [0.29, 0.717) is 24.9 Å². The van der Waals surface area contributed by atoms with E-state index in [4.69, 9.17) is 9.47 Å². The van der Waals surface area contributed by atoms with Crippen molar-refractivity contribution in [2.24, 2.45) is 5.41 Å². The lowest BCUT2D eigenvalue weighted by Crippen LogP contribution is -2.60. The number of ether oxygens (including phenoxy) is 2. The summed E-state index contributed by atoms with van der Waals surface area (Å²) in [6, 6.07) is 11.5. The maximum Gasteiger partial charge on any atom is 0.407 e. The molecule has 1 aliphatic carbocycles. The van der Waals surface area contributed by atoms with Crippen molar-refractivity contribution in [3.63, 3.8) is 0 Å². The number of rotatable bonds is 7. The molecule has 33 heavy (non-hydrogen) atoms. The van der Waals surface area contributed by atoms with E-state index >= 15 is 0 Å². The summed E-state index contributed by atoms with van der Waals surface area (Å²) in [4.78, 5) is 19.3. The molecule has 3 N–H and O–H groups in total. The second-order valence-corrected chi connectivity index (χ2v) is 9.59. The minimum atomic E-state index is -0.739. The van der Waals surface area contributed by atoms with Crippen molar-refractivity contribution in [1.29, 1.82) is 0 Å². The van der Waals surface area contributed by atoms with Crippen LogP contribution in [0.5, 0.6) is 5.75 Å². The Balaban J connectivity index is 1.12. The van der Waals surface area contributed by atoms with Crippen LogP contribution >= 0.6 is 0 Å². The molecule has 2 saturated heterocycles. The van der Waals surface area contributed by atoms with E-state index < -0.39 is 18.3 Å². The van der Waals surface area contributed by atoms with Crippen LogP contribution in [0.3, 0.4) is 0 Å². The predicted molar refractivity (Wildman–Crippen MR) is 124 cm³/mol. The number of alkyl carbamates (subject to hydrolysis) is 1. The van der Waals surface area contributed by atoms with E-state index in [9.17, 15) is 9.90 Å². The van der Waals surface area contributed by atoms with Gasteiger partial charge in [-0.3, -0.25) is 0 Å². The molecule has 1 amide bonds. The molecule has 1 spiro atoms. The van der Waals surface area contributed by atoms with Crippen LogP contribution in [0.25, 0.3) is 0 Å². The maximum atomic E-state index is 12.5. The molecule has 3 heterocycles. The van der Waals surface area contributed by atoms with Gasteiger partial charge in [0.15, 0.2) is 0 Å². The third-order valence-corrected chi connectivity index (χ3v) is 7.26. The number of nitrogens with one attached hydrogen (secondary N) is 2. The van der Waals surface area contributed by atoms with Crippen molar-refractivity contribution >= 4 is 11.9 Å². The SMILES string of the molecule is COc1ccc(C[C@H]2NC[C@H](O)[C@H]2OC(=O)NCc2ccnc(N3CC4(CCC4)C3)c2)cc1. The quantitative estimate of drug-likeness (QED) is 0.593. The first-order chi connectivity index (χ1) is 16.0. The number of methoxy groups -OCH3 is 1. The Kier molecular flexibility index (Phi) is 6.12. The highest BCUT2D eigenvalue weighted by Gasteiger charge is 2.47. The predicted octanol–water partition coefficient (Wildman–Crippen LogP) is 2.25. The molecule has 5 rings (SSSR count). The van der Waals surface area contributed by atoms with Gasteiger partial charge in [-0.1, -0.05) is 18.6 Å². The monoisotopic (exact) mass is 452 g/mol. The Bertz CT molecular complexity index is 971. The van der Waals surface area contributed by atoms with E-state index in [-0.39, 0.29) is 6.04 Å². The van der Waals surface area contributed by atoms with Crippen molar-refractivity contribution in [2.75, 3.05) is 31.6 Å². The normalized spacial score (nSPS) is 25.3. The second-order valence-electron chi connectivity index (χ2n) is 9.59. The highest BCUT2D eigenvalue weighted by molar-refractivity contribution is 5.67. The van der Waals surface area contributed by atoms with Gasteiger partial charge in [0.1, 0.15) is 23.8 Å². The minimum Gasteiger partial charge on any atom is -0.497 e. The molecular weight excluding hydrogens is 420 g/mol. The van der Waals surface area contributed by atoms with Gasteiger partial charge in [-0.25, -0.2) is 9.78 Å². The average molecular weight is 453 g/mol. The Morgan fingerprint density at radius 1 is 1.24 bits per heavy atom. The summed E-state index contributed by atoms with van der Waals surface area (Å²) in [5.41, 5.74) is 2.60. The summed E-state index contributed by atoms with van der Waals surface area (Å²) >= 11 is 0. The number of β-amino-alcohol motifs (C(OH)–C–C–N with tert-alkyl or cyclic N) is 1. The van der Waals surface area contributed by atoms with Gasteiger partial charge in [0.25, 0.3) is 0 Å². The first-order valence-corrected chi connectivity index (χ1v) is 11.7. The summed E-state index contributed by atoms with van der Waals surface area (Å²) in [5.74, 6) is 1.76. The number of anilines is 1. The van der Waals surface area contributed by atoms with Crippen LogP contribution in [-0.2, 0) is 17.7 Å². The number of hydrogen-bond donors (Lipinski definition) is 3. The third kappa shape index (κ3) is 4.77. The van der Waals surface area contributed by atoms with Crippen LogP contribution in [0.1, 0.15) is 30.4 Å². The lowest BCUT2D eigenvalue weighted by molar-refractivity contribution is 0.0188. The number of hydrogen-bond acceptors (Lipinski definition) is 7. The number of carbonyl (C=O) groups excluding carboxylic acids is 1. The molecule has 0 unspecified atom stereocenters. The molecular formula is C25H32N4O4. The van der Waals surface area contributed by atoms with Crippen LogP contribution in [0.4, 0.5) is 10.6 Å². The average Bonchev–Trinajstić information content (AvgIpc) is 3.10. The second kappa shape index (κ2) is 9.19. The number of pyridine rings is 1. The van der Waals surface area contributed by atoms with E-state index in [1.54, 1.807) is 13.3 Å². The fourth-order valence-corrected chi connectivity index (χ4v) is 5.14. The molecule has 2 aliphatic heterocycles. The number of aliphatic hydroxyl groups excluding tert-OH is 1. The van der Waals surface area contributed by atoms with Crippen molar-refractivity contribution in [1.82, 2.24) is 15.6 Å². The lowest BCUT2D eigenvalue weighted by Gasteiger charge is -2.56. The highest BCUT2D eigenvalue weighted by Crippen LogP contribution is 2.49. The fourth-order valence-electron chi connectivity index (χ4n) is 5.14. The van der Waals surface area contributed by atoms with Gasteiger partial charge in [-0.15, -0.1) is 0 Å². The summed E-state index contributed by atoms with van der Waals surface area (Å²) in [7, 11) is 1.63. The topological polar surface area (TPSA) is 95.9 Å². The van der Waals surface area contributed by atoms with Gasteiger partial charge in [0.2, 0.25) is 0 Å². The van der Waals surface area contributed by atoms with Gasteiger partial charge in [0, 0.05) is 37.8 Å². The maximum absolute atomic E-state index is 12.5. The summed E-state index contributed by atoms with van der Waals surface area (Å²) in [5, 5.41) is 16.4. The van der Waals surface area contributed by atoms with Crippen molar-refractivity contribution in [3.8, 4) is 5.75 Å². The molecule has 8 nitrogen and oxygen atoms in total.